The van der Waals surface area contributed by atoms with Crippen molar-refractivity contribution in [3.63, 3.8) is 0 Å². The second-order valence-corrected chi connectivity index (χ2v) is 6.13. The van der Waals surface area contributed by atoms with Crippen molar-refractivity contribution in [3.05, 3.63) is 65.4 Å². The van der Waals surface area contributed by atoms with E-state index in [-0.39, 0.29) is 5.57 Å². The van der Waals surface area contributed by atoms with Gasteiger partial charge in [0.2, 0.25) is 0 Å². The molecule has 0 atom stereocenters. The maximum Gasteiger partial charge on any atom is 0.267 e. The van der Waals surface area contributed by atoms with Gasteiger partial charge in [0.1, 0.15) is 17.7 Å². The van der Waals surface area contributed by atoms with E-state index < -0.39 is 5.91 Å². The van der Waals surface area contributed by atoms with Crippen molar-refractivity contribution in [1.82, 2.24) is 5.32 Å². The Morgan fingerprint density at radius 1 is 1.07 bits per heavy atom. The lowest BCUT2D eigenvalue weighted by Crippen LogP contribution is -2.18. The van der Waals surface area contributed by atoms with Crippen molar-refractivity contribution in [1.29, 1.82) is 10.5 Å². The van der Waals surface area contributed by atoms with Gasteiger partial charge < -0.3 is 20.1 Å². The summed E-state index contributed by atoms with van der Waals surface area (Å²) in [6.45, 7) is 5.45. The van der Waals surface area contributed by atoms with Crippen molar-refractivity contribution in [2.45, 2.75) is 20.3 Å². The Labute approximate surface area is 176 Å². The van der Waals surface area contributed by atoms with Gasteiger partial charge in [-0.05, 0) is 50.1 Å². The highest BCUT2D eigenvalue weighted by atomic mass is 16.5. The molecule has 0 saturated carbocycles. The zero-order chi connectivity index (χ0) is 21.8. The van der Waals surface area contributed by atoms with Gasteiger partial charge in [-0.1, -0.05) is 18.2 Å². The molecule has 0 aliphatic heterocycles. The topological polar surface area (TPSA) is 107 Å². The van der Waals surface area contributed by atoms with Gasteiger partial charge in [0.05, 0.1) is 24.5 Å². The normalized spacial score (nSPS) is 10.5. The highest BCUT2D eigenvalue weighted by Crippen LogP contribution is 2.28. The highest BCUT2D eigenvalue weighted by Gasteiger charge is 2.11. The number of rotatable bonds is 10. The predicted molar refractivity (Wildman–Crippen MR) is 114 cm³/mol. The Bertz CT molecular complexity index is 987. The van der Waals surface area contributed by atoms with Crippen molar-refractivity contribution in [2.24, 2.45) is 0 Å². The van der Waals surface area contributed by atoms with E-state index in [2.05, 4.69) is 10.6 Å². The maximum atomic E-state index is 12.3. The van der Waals surface area contributed by atoms with E-state index in [1.807, 2.05) is 44.2 Å². The minimum atomic E-state index is -0.576. The van der Waals surface area contributed by atoms with Crippen LogP contribution in [0.2, 0.25) is 0 Å². The van der Waals surface area contributed by atoms with Gasteiger partial charge in [-0.25, -0.2) is 0 Å². The molecule has 1 amide bonds. The third kappa shape index (κ3) is 6.29. The van der Waals surface area contributed by atoms with Crippen LogP contribution in [0.5, 0.6) is 11.5 Å². The number of nitrogens with one attached hydrogen (secondary N) is 2. The molecule has 7 nitrogen and oxygen atoms in total. The number of hydrogen-bond acceptors (Lipinski definition) is 6. The average molecular weight is 404 g/mol. The zero-order valence-corrected chi connectivity index (χ0v) is 17.1. The van der Waals surface area contributed by atoms with E-state index in [0.29, 0.717) is 48.9 Å². The van der Waals surface area contributed by atoms with Gasteiger partial charge in [-0.15, -0.1) is 0 Å². The fourth-order valence-corrected chi connectivity index (χ4v) is 2.67. The van der Waals surface area contributed by atoms with Gasteiger partial charge in [-0.2, -0.15) is 10.5 Å². The molecule has 0 unspecified atom stereocenters. The molecule has 0 spiro atoms. The molecule has 7 heteroatoms. The standard InChI is InChI=1S/C23H24N4O3/c1-3-29-21-10-9-17(13-22(21)30-4-2)11-12-26-16-19(15-25)23(28)27-20-8-6-5-7-18(20)14-24/h5-10,13,16,26H,3-4,11-12H2,1-2H3,(H,27,28)/b19-16-. The molecular weight excluding hydrogens is 380 g/mol. The van der Waals surface area contributed by atoms with Crippen LogP contribution in [-0.4, -0.2) is 25.7 Å². The van der Waals surface area contributed by atoms with Crippen LogP contribution in [0.1, 0.15) is 25.0 Å². The third-order valence-corrected chi connectivity index (χ3v) is 4.07. The van der Waals surface area contributed by atoms with Crippen molar-refractivity contribution in [3.8, 4) is 23.6 Å². The van der Waals surface area contributed by atoms with Crippen LogP contribution in [0.15, 0.2) is 54.2 Å². The molecular formula is C23H24N4O3. The Morgan fingerprint density at radius 3 is 2.50 bits per heavy atom. The largest absolute Gasteiger partial charge is 0.490 e. The Balaban J connectivity index is 1.96. The van der Waals surface area contributed by atoms with E-state index in [1.165, 1.54) is 6.20 Å². The first-order valence-electron chi connectivity index (χ1n) is 9.65. The number of nitriles is 2. The molecule has 2 N–H and O–H groups in total. The minimum Gasteiger partial charge on any atom is -0.490 e. The summed E-state index contributed by atoms with van der Waals surface area (Å²) in [7, 11) is 0. The van der Waals surface area contributed by atoms with E-state index in [0.717, 1.165) is 5.56 Å². The van der Waals surface area contributed by atoms with Gasteiger partial charge in [0.25, 0.3) is 5.91 Å². The molecule has 0 aromatic heterocycles. The number of amides is 1. The summed E-state index contributed by atoms with van der Waals surface area (Å²) in [5.41, 5.74) is 1.65. The Kier molecular flexibility index (Phi) is 8.76. The van der Waals surface area contributed by atoms with Crippen LogP contribution >= 0.6 is 0 Å². The second kappa shape index (κ2) is 11.8. The van der Waals surface area contributed by atoms with Gasteiger partial charge in [0.15, 0.2) is 11.5 Å². The summed E-state index contributed by atoms with van der Waals surface area (Å²) in [6.07, 6.45) is 2.04. The first-order valence-corrected chi connectivity index (χ1v) is 9.65. The van der Waals surface area contributed by atoms with Crippen LogP contribution in [0.4, 0.5) is 5.69 Å². The molecule has 0 heterocycles. The lowest BCUT2D eigenvalue weighted by molar-refractivity contribution is -0.112. The first-order chi connectivity index (χ1) is 14.6. The van der Waals surface area contributed by atoms with E-state index in [1.54, 1.807) is 24.3 Å². The number of para-hydroxylation sites is 1. The molecule has 154 valence electrons. The van der Waals surface area contributed by atoms with Crippen molar-refractivity contribution in [2.75, 3.05) is 25.1 Å². The number of hydrogen-bond donors (Lipinski definition) is 2. The minimum absolute atomic E-state index is 0.0792. The van der Waals surface area contributed by atoms with E-state index in [4.69, 9.17) is 14.7 Å². The molecule has 0 aliphatic rings. The lowest BCUT2D eigenvalue weighted by Gasteiger charge is -2.12. The lowest BCUT2D eigenvalue weighted by atomic mass is 10.1. The smallest absolute Gasteiger partial charge is 0.267 e. The van der Waals surface area contributed by atoms with Gasteiger partial charge >= 0.3 is 0 Å². The fourth-order valence-electron chi connectivity index (χ4n) is 2.67. The number of carbonyl (C=O) groups is 1. The molecule has 2 aromatic carbocycles. The number of anilines is 1. The molecule has 2 aromatic rings. The molecule has 0 saturated heterocycles. The Morgan fingerprint density at radius 2 is 1.80 bits per heavy atom. The Hall–Kier alpha value is -3.97. The number of benzene rings is 2. The molecule has 0 fully saturated rings. The summed E-state index contributed by atoms with van der Waals surface area (Å²) >= 11 is 0. The predicted octanol–water partition coefficient (Wildman–Crippen LogP) is 3.53. The SMILES string of the molecule is CCOc1ccc(CCN/C=C(/C#N)C(=O)Nc2ccccc2C#N)cc1OCC. The molecule has 0 aliphatic carbocycles. The van der Waals surface area contributed by atoms with Crippen LogP contribution in [0.3, 0.4) is 0 Å². The first kappa shape index (κ1) is 22.3. The summed E-state index contributed by atoms with van der Waals surface area (Å²) in [6, 6.07) is 16.2. The van der Waals surface area contributed by atoms with Crippen molar-refractivity contribution >= 4 is 11.6 Å². The van der Waals surface area contributed by atoms with Gasteiger partial charge in [-0.3, -0.25) is 4.79 Å². The van der Waals surface area contributed by atoms with E-state index >= 15 is 0 Å². The van der Waals surface area contributed by atoms with Crippen LogP contribution in [0, 0.1) is 22.7 Å². The van der Waals surface area contributed by atoms with Crippen LogP contribution in [0.25, 0.3) is 0 Å². The monoisotopic (exact) mass is 404 g/mol. The van der Waals surface area contributed by atoms with Gasteiger partial charge in [0, 0.05) is 12.7 Å². The summed E-state index contributed by atoms with van der Waals surface area (Å²) in [5, 5.41) is 24.0. The fraction of sp³-hybridized carbons (Fsp3) is 0.261. The molecule has 30 heavy (non-hydrogen) atoms. The van der Waals surface area contributed by atoms with E-state index in [9.17, 15) is 10.1 Å². The molecule has 0 bridgehead atoms. The highest BCUT2D eigenvalue weighted by molar-refractivity contribution is 6.07. The van der Waals surface area contributed by atoms with Crippen LogP contribution in [-0.2, 0) is 11.2 Å². The molecule has 0 radical (unpaired) electrons. The average Bonchev–Trinajstić information content (AvgIpc) is 2.76. The maximum absolute atomic E-state index is 12.3. The third-order valence-electron chi connectivity index (χ3n) is 4.07. The number of nitrogens with zero attached hydrogens (tertiary/aromatic N) is 2. The summed E-state index contributed by atoms with van der Waals surface area (Å²) in [4.78, 5) is 12.3. The summed E-state index contributed by atoms with van der Waals surface area (Å²) in [5.74, 6) is 0.824. The second-order valence-electron chi connectivity index (χ2n) is 6.13. The zero-order valence-electron chi connectivity index (χ0n) is 17.1. The van der Waals surface area contributed by atoms with Crippen molar-refractivity contribution < 1.29 is 14.3 Å². The number of ether oxygens (including phenoxy) is 2. The van der Waals surface area contributed by atoms with Crippen LogP contribution < -0.4 is 20.1 Å². The quantitative estimate of drug-likeness (QED) is 0.356. The molecule has 2 rings (SSSR count). The summed E-state index contributed by atoms with van der Waals surface area (Å²) < 4.78 is 11.2. The number of carbonyl (C=O) groups excluding carboxylic acids is 1.